The Kier molecular flexibility index (Phi) is 10.6. The van der Waals surface area contributed by atoms with Crippen LogP contribution in [-0.4, -0.2) is 21.2 Å². The van der Waals surface area contributed by atoms with Crippen molar-refractivity contribution < 1.29 is 17.1 Å². The summed E-state index contributed by atoms with van der Waals surface area (Å²) < 4.78 is 0.739. The first-order valence-electron chi connectivity index (χ1n) is 2.94. The Balaban J connectivity index is 0. The van der Waals surface area contributed by atoms with Gasteiger partial charge in [0, 0.05) is 12.6 Å². The standard InChI is InChI=1S/C5H10N2S4.Mn/c1-3(7-5(10)11)2-6-4(8)9;/h3H,2H2,1H3,(H2,6,8,9)(H2,7,10,11);/q;+2/p-2. The second-order valence-electron chi connectivity index (χ2n) is 2.00. The Labute approximate surface area is 105 Å². The van der Waals surface area contributed by atoms with Gasteiger partial charge in [-0.15, -0.1) is 0 Å². The second kappa shape index (κ2) is 8.34. The van der Waals surface area contributed by atoms with Crippen LogP contribution in [0, 0.1) is 0 Å². The summed E-state index contributed by atoms with van der Waals surface area (Å²) >= 11 is 18.6. The van der Waals surface area contributed by atoms with E-state index in [9.17, 15) is 0 Å². The molecular formula is C5H8MnN2S4. The maximum Gasteiger partial charge on any atom is 2.00 e. The van der Waals surface area contributed by atoms with Crippen LogP contribution in [0.15, 0.2) is 0 Å². The van der Waals surface area contributed by atoms with Crippen LogP contribution in [0.5, 0.6) is 0 Å². The fraction of sp³-hybridized carbons (Fsp3) is 0.600. The van der Waals surface area contributed by atoms with Crippen molar-refractivity contribution >= 4 is 58.3 Å². The first-order chi connectivity index (χ1) is 5.02. The molecule has 0 fully saturated rings. The minimum atomic E-state index is 0. The van der Waals surface area contributed by atoms with Crippen LogP contribution in [0.25, 0.3) is 0 Å². The summed E-state index contributed by atoms with van der Waals surface area (Å²) in [5.74, 6) is 0. The maximum absolute atomic E-state index is 4.67. The summed E-state index contributed by atoms with van der Waals surface area (Å²) in [6.07, 6.45) is 0. The van der Waals surface area contributed by atoms with E-state index in [2.05, 4.69) is 60.3 Å². The van der Waals surface area contributed by atoms with Crippen LogP contribution in [0.4, 0.5) is 0 Å². The number of nitrogens with one attached hydrogen (secondary N) is 2. The van der Waals surface area contributed by atoms with Crippen molar-refractivity contribution in [1.29, 1.82) is 0 Å². The molecule has 1 atom stereocenters. The number of rotatable bonds is 3. The van der Waals surface area contributed by atoms with Gasteiger partial charge < -0.3 is 60.3 Å². The van der Waals surface area contributed by atoms with Gasteiger partial charge >= 0.3 is 17.1 Å². The molecule has 1 radical (unpaired) electrons. The maximum atomic E-state index is 4.67. The van der Waals surface area contributed by atoms with E-state index in [1.807, 2.05) is 6.92 Å². The third-order valence-corrected chi connectivity index (χ3v) is 1.44. The fourth-order valence-electron chi connectivity index (χ4n) is 0.489. The molecule has 0 bridgehead atoms. The summed E-state index contributed by atoms with van der Waals surface area (Å²) in [7, 11) is 0. The molecular weight excluding hydrogens is 271 g/mol. The predicted molar refractivity (Wildman–Crippen MR) is 60.5 cm³/mol. The van der Waals surface area contributed by atoms with E-state index in [-0.39, 0.29) is 23.1 Å². The molecule has 0 aliphatic rings. The molecule has 69 valence electrons. The van der Waals surface area contributed by atoms with Crippen molar-refractivity contribution in [3.63, 3.8) is 0 Å². The molecule has 0 amide bonds. The Hall–Kier alpha value is 0.739. The van der Waals surface area contributed by atoms with E-state index in [4.69, 9.17) is 0 Å². The van der Waals surface area contributed by atoms with Gasteiger partial charge in [-0.2, -0.15) is 0 Å². The molecule has 0 spiro atoms. The van der Waals surface area contributed by atoms with Crippen LogP contribution in [-0.2, 0) is 42.3 Å². The minimum Gasteiger partial charge on any atom is -0.412 e. The zero-order valence-electron chi connectivity index (χ0n) is 6.30. The molecule has 0 aromatic heterocycles. The molecule has 0 aliphatic carbocycles. The van der Waals surface area contributed by atoms with Crippen molar-refractivity contribution in [2.75, 3.05) is 6.54 Å². The molecule has 0 rings (SSSR count). The Morgan fingerprint density at radius 3 is 2.17 bits per heavy atom. The van der Waals surface area contributed by atoms with Crippen LogP contribution in [0.2, 0.25) is 0 Å². The quantitative estimate of drug-likeness (QED) is 0.435. The molecule has 1 unspecified atom stereocenters. The van der Waals surface area contributed by atoms with Gasteiger partial charge in [-0.1, -0.05) is 8.64 Å². The summed E-state index contributed by atoms with van der Waals surface area (Å²) in [5, 5.41) is 5.70. The molecule has 0 saturated heterocycles. The number of thiocarbonyl (C=S) groups is 2. The van der Waals surface area contributed by atoms with Gasteiger partial charge in [0.25, 0.3) is 0 Å². The molecule has 2 N–H and O–H groups in total. The Bertz CT molecular complexity index is 164. The SMILES string of the molecule is CC(CNC(=S)[S-])NC(=S)[S-].[Mn+2]. The molecule has 0 saturated carbocycles. The first-order valence-corrected chi connectivity index (χ1v) is 4.58. The van der Waals surface area contributed by atoms with Crippen molar-refractivity contribution in [3.8, 4) is 0 Å². The van der Waals surface area contributed by atoms with Crippen LogP contribution in [0.3, 0.4) is 0 Å². The van der Waals surface area contributed by atoms with E-state index < -0.39 is 0 Å². The number of hydrogen-bond donors (Lipinski definition) is 2. The first kappa shape index (κ1) is 15.2. The second-order valence-corrected chi connectivity index (χ2v) is 4.15. The summed E-state index contributed by atoms with van der Waals surface area (Å²) in [6.45, 7) is 2.60. The van der Waals surface area contributed by atoms with Gasteiger partial charge in [0.15, 0.2) is 0 Å². The molecule has 0 aliphatic heterocycles. The normalized spacial score (nSPS) is 10.8. The average Bonchev–Trinajstić information content (AvgIpc) is 1.82. The van der Waals surface area contributed by atoms with E-state index in [0.717, 1.165) is 0 Å². The van der Waals surface area contributed by atoms with E-state index >= 15 is 0 Å². The van der Waals surface area contributed by atoms with Gasteiger partial charge in [0.05, 0.1) is 0 Å². The molecule has 0 aromatic rings. The van der Waals surface area contributed by atoms with Crippen LogP contribution in [0.1, 0.15) is 6.92 Å². The number of hydrogen-bond acceptors (Lipinski definition) is 4. The predicted octanol–water partition coefficient (Wildman–Crippen LogP) is 0.215. The van der Waals surface area contributed by atoms with Crippen molar-refractivity contribution in [2.24, 2.45) is 0 Å². The largest absolute Gasteiger partial charge is 2.00 e. The topological polar surface area (TPSA) is 24.1 Å². The van der Waals surface area contributed by atoms with Gasteiger partial charge in [0.1, 0.15) is 0 Å². The molecule has 2 nitrogen and oxygen atoms in total. The average molecular weight is 279 g/mol. The zero-order chi connectivity index (χ0) is 8.85. The third kappa shape index (κ3) is 10.7. The smallest absolute Gasteiger partial charge is 0.412 e. The van der Waals surface area contributed by atoms with Crippen molar-refractivity contribution in [1.82, 2.24) is 10.6 Å². The van der Waals surface area contributed by atoms with Crippen molar-refractivity contribution in [3.05, 3.63) is 0 Å². The molecule has 0 aromatic carbocycles. The molecule has 7 heteroatoms. The van der Waals surface area contributed by atoms with Crippen LogP contribution < -0.4 is 10.6 Å². The summed E-state index contributed by atoms with van der Waals surface area (Å²) in [4.78, 5) is 0. The monoisotopic (exact) mass is 279 g/mol. The Morgan fingerprint density at radius 1 is 1.33 bits per heavy atom. The minimum absolute atomic E-state index is 0. The fourth-order valence-corrected chi connectivity index (χ4v) is 1.06. The molecule has 12 heavy (non-hydrogen) atoms. The van der Waals surface area contributed by atoms with Gasteiger partial charge in [0.2, 0.25) is 0 Å². The van der Waals surface area contributed by atoms with E-state index in [0.29, 0.717) is 15.2 Å². The van der Waals surface area contributed by atoms with Gasteiger partial charge in [-0.05, 0) is 6.92 Å². The zero-order valence-corrected chi connectivity index (χ0v) is 10.7. The van der Waals surface area contributed by atoms with E-state index in [1.165, 1.54) is 0 Å². The summed E-state index contributed by atoms with van der Waals surface area (Å²) in [6, 6.07) is 0.167. The van der Waals surface area contributed by atoms with Crippen LogP contribution >= 0.6 is 24.4 Å². The van der Waals surface area contributed by atoms with Gasteiger partial charge in [-0.3, -0.25) is 0 Å². The molecule has 0 heterocycles. The van der Waals surface area contributed by atoms with E-state index in [1.54, 1.807) is 0 Å². The van der Waals surface area contributed by atoms with Gasteiger partial charge in [-0.25, -0.2) is 0 Å². The van der Waals surface area contributed by atoms with Crippen molar-refractivity contribution in [2.45, 2.75) is 13.0 Å². The third-order valence-electron chi connectivity index (χ3n) is 0.917. The Morgan fingerprint density at radius 2 is 1.83 bits per heavy atom. The summed E-state index contributed by atoms with van der Waals surface area (Å²) in [5.41, 5.74) is 0.